The molecule has 1 amide bonds. The summed E-state index contributed by atoms with van der Waals surface area (Å²) >= 11 is 5.92. The van der Waals surface area contributed by atoms with Crippen molar-refractivity contribution in [2.45, 2.75) is 40.2 Å². The Hall–Kier alpha value is -1.56. The number of ether oxygens (including phenoxy) is 1. The highest BCUT2D eigenvalue weighted by Gasteiger charge is 2.59. The van der Waals surface area contributed by atoms with E-state index in [1.807, 2.05) is 31.7 Å². The third-order valence-corrected chi connectivity index (χ3v) is 5.39. The number of carbonyl (C=O) groups excluding carboxylic acids is 1. The van der Waals surface area contributed by atoms with Gasteiger partial charge in [0.2, 0.25) is 5.28 Å². The van der Waals surface area contributed by atoms with Gasteiger partial charge in [-0.3, -0.25) is 0 Å². The lowest BCUT2D eigenvalue weighted by Gasteiger charge is -2.29. The molecule has 0 N–H and O–H groups in total. The Morgan fingerprint density at radius 1 is 1.21 bits per heavy atom. The summed E-state index contributed by atoms with van der Waals surface area (Å²) in [6, 6.07) is 1.88. The van der Waals surface area contributed by atoms with Gasteiger partial charge >= 0.3 is 6.09 Å². The number of likely N-dealkylation sites (tertiary alicyclic amines) is 1. The minimum atomic E-state index is -0.472. The fourth-order valence-corrected chi connectivity index (χ4v) is 3.92. The molecule has 2 aliphatic rings. The van der Waals surface area contributed by atoms with Gasteiger partial charge < -0.3 is 14.5 Å². The predicted molar refractivity (Wildman–Crippen MR) is 93.3 cm³/mol. The van der Waals surface area contributed by atoms with Gasteiger partial charge in [0, 0.05) is 43.2 Å². The minimum Gasteiger partial charge on any atom is -0.444 e. The quantitative estimate of drug-likeness (QED) is 0.726. The van der Waals surface area contributed by atoms with Crippen LogP contribution in [0.2, 0.25) is 5.28 Å². The lowest BCUT2D eigenvalue weighted by Crippen LogP contribution is -2.39. The van der Waals surface area contributed by atoms with Crippen molar-refractivity contribution in [3.63, 3.8) is 0 Å². The van der Waals surface area contributed by atoms with Gasteiger partial charge in [0.25, 0.3) is 0 Å². The van der Waals surface area contributed by atoms with Crippen molar-refractivity contribution in [2.75, 3.05) is 31.1 Å². The summed E-state index contributed by atoms with van der Waals surface area (Å²) in [5.74, 6) is 0.843. The van der Waals surface area contributed by atoms with Crippen LogP contribution in [-0.2, 0) is 4.74 Å². The normalized spacial score (nSPS) is 29.8. The van der Waals surface area contributed by atoms with Crippen LogP contribution in [0.1, 0.15) is 34.6 Å². The van der Waals surface area contributed by atoms with Crippen molar-refractivity contribution in [3.8, 4) is 0 Å². The average molecular weight is 353 g/mol. The second-order valence-electron chi connectivity index (χ2n) is 8.50. The van der Waals surface area contributed by atoms with Gasteiger partial charge in [-0.2, -0.15) is 0 Å². The van der Waals surface area contributed by atoms with Crippen molar-refractivity contribution in [1.82, 2.24) is 14.9 Å². The molecule has 2 atom stereocenters. The van der Waals surface area contributed by atoms with E-state index in [-0.39, 0.29) is 22.2 Å². The summed E-state index contributed by atoms with van der Waals surface area (Å²) in [5, 5.41) is 0.259. The number of anilines is 1. The fourth-order valence-electron chi connectivity index (χ4n) is 3.78. The number of carbonyl (C=O) groups is 1. The van der Waals surface area contributed by atoms with Crippen LogP contribution in [0.3, 0.4) is 0 Å². The van der Waals surface area contributed by atoms with Gasteiger partial charge in [0.1, 0.15) is 11.4 Å². The van der Waals surface area contributed by atoms with E-state index in [4.69, 9.17) is 16.3 Å². The molecule has 1 aromatic rings. The highest BCUT2D eigenvalue weighted by molar-refractivity contribution is 6.28. The van der Waals surface area contributed by atoms with Crippen LogP contribution in [0.15, 0.2) is 12.3 Å². The maximum Gasteiger partial charge on any atom is 0.410 e. The monoisotopic (exact) mass is 352 g/mol. The van der Waals surface area contributed by atoms with E-state index in [2.05, 4.69) is 28.7 Å². The first-order chi connectivity index (χ1) is 11.0. The van der Waals surface area contributed by atoms with E-state index in [1.165, 1.54) is 0 Å². The third kappa shape index (κ3) is 3.04. The number of nitrogens with zero attached hydrogens (tertiary/aromatic N) is 4. The van der Waals surface area contributed by atoms with Crippen molar-refractivity contribution >= 4 is 23.5 Å². The number of halogens is 1. The molecule has 3 heterocycles. The number of fused-ring (bicyclic) bond motifs is 1. The predicted octanol–water partition coefficient (Wildman–Crippen LogP) is 3.21. The lowest BCUT2D eigenvalue weighted by atomic mass is 9.71. The van der Waals surface area contributed by atoms with Crippen LogP contribution >= 0.6 is 11.6 Å². The van der Waals surface area contributed by atoms with Crippen LogP contribution < -0.4 is 4.90 Å². The molecule has 0 saturated carbocycles. The number of hydrogen-bond donors (Lipinski definition) is 0. The van der Waals surface area contributed by atoms with Gasteiger partial charge in [-0.25, -0.2) is 14.8 Å². The average Bonchev–Trinajstić information content (AvgIpc) is 2.82. The zero-order valence-corrected chi connectivity index (χ0v) is 15.7. The second-order valence-corrected chi connectivity index (χ2v) is 8.84. The summed E-state index contributed by atoms with van der Waals surface area (Å²) in [6.45, 7) is 13.2. The first-order valence-electron chi connectivity index (χ1n) is 8.23. The molecule has 2 saturated heterocycles. The molecule has 24 heavy (non-hydrogen) atoms. The molecule has 1 aromatic heterocycles. The maximum atomic E-state index is 12.4. The van der Waals surface area contributed by atoms with E-state index in [9.17, 15) is 4.79 Å². The molecule has 0 radical (unpaired) electrons. The minimum absolute atomic E-state index is 0.0126. The van der Waals surface area contributed by atoms with E-state index in [1.54, 1.807) is 6.20 Å². The first kappa shape index (κ1) is 17.3. The summed E-state index contributed by atoms with van der Waals surface area (Å²) in [7, 11) is 0. The molecule has 0 aliphatic carbocycles. The Balaban J connectivity index is 1.75. The third-order valence-electron chi connectivity index (χ3n) is 5.20. The van der Waals surface area contributed by atoms with Crippen LogP contribution in [0, 0.1) is 10.8 Å². The molecular weight excluding hydrogens is 328 g/mol. The zero-order chi connectivity index (χ0) is 17.8. The molecule has 2 aliphatic heterocycles. The maximum absolute atomic E-state index is 12.4. The fraction of sp³-hybridized carbons (Fsp3) is 0.706. The van der Waals surface area contributed by atoms with E-state index in [0.29, 0.717) is 13.1 Å². The summed E-state index contributed by atoms with van der Waals surface area (Å²) in [6.07, 6.45) is 1.45. The summed E-state index contributed by atoms with van der Waals surface area (Å²) < 4.78 is 5.54. The SMILES string of the molecule is CC(C)(C)OC(=O)N1C[C@@]2(C)CN(c3ccnc(Cl)n3)C[C@@]2(C)C1. The summed E-state index contributed by atoms with van der Waals surface area (Å²) in [4.78, 5) is 24.8. The Labute approximate surface area is 148 Å². The van der Waals surface area contributed by atoms with Gasteiger partial charge in [0.05, 0.1) is 0 Å². The van der Waals surface area contributed by atoms with Gasteiger partial charge in [-0.05, 0) is 38.4 Å². The van der Waals surface area contributed by atoms with Crippen LogP contribution in [-0.4, -0.2) is 52.7 Å². The smallest absolute Gasteiger partial charge is 0.410 e. The molecule has 0 spiro atoms. The second kappa shape index (κ2) is 5.48. The van der Waals surface area contributed by atoms with E-state index in [0.717, 1.165) is 18.9 Å². The molecule has 0 aromatic carbocycles. The Kier molecular flexibility index (Phi) is 3.94. The van der Waals surface area contributed by atoms with Crippen molar-refractivity contribution < 1.29 is 9.53 Å². The lowest BCUT2D eigenvalue weighted by molar-refractivity contribution is 0.0269. The Morgan fingerprint density at radius 3 is 2.29 bits per heavy atom. The number of hydrogen-bond acceptors (Lipinski definition) is 5. The largest absolute Gasteiger partial charge is 0.444 e. The topological polar surface area (TPSA) is 58.6 Å². The van der Waals surface area contributed by atoms with Gasteiger partial charge in [0.15, 0.2) is 0 Å². The molecule has 2 fully saturated rings. The highest BCUT2D eigenvalue weighted by Crippen LogP contribution is 2.52. The van der Waals surface area contributed by atoms with Crippen molar-refractivity contribution in [2.24, 2.45) is 10.8 Å². The Bertz CT molecular complexity index is 642. The molecule has 0 bridgehead atoms. The molecule has 6 nitrogen and oxygen atoms in total. The zero-order valence-electron chi connectivity index (χ0n) is 15.0. The number of aromatic nitrogens is 2. The number of amides is 1. The van der Waals surface area contributed by atoms with Crippen molar-refractivity contribution in [3.05, 3.63) is 17.5 Å². The molecule has 7 heteroatoms. The standard InChI is InChI=1S/C17H25ClN4O2/c1-15(2,3)24-14(23)22-10-16(4)8-21(9-17(16,5)11-22)12-6-7-19-13(18)20-12/h6-7H,8-11H2,1-5H3/t16-,17+. The Morgan fingerprint density at radius 2 is 1.79 bits per heavy atom. The van der Waals surface area contributed by atoms with Crippen LogP contribution in [0.25, 0.3) is 0 Å². The molecular formula is C17H25ClN4O2. The van der Waals surface area contributed by atoms with Crippen LogP contribution in [0.4, 0.5) is 10.6 Å². The first-order valence-corrected chi connectivity index (χ1v) is 8.61. The van der Waals surface area contributed by atoms with Gasteiger partial charge in [-0.15, -0.1) is 0 Å². The van der Waals surface area contributed by atoms with Crippen LogP contribution in [0.5, 0.6) is 0 Å². The highest BCUT2D eigenvalue weighted by atomic mass is 35.5. The van der Waals surface area contributed by atoms with Crippen molar-refractivity contribution in [1.29, 1.82) is 0 Å². The molecule has 3 rings (SSSR count). The molecule has 0 unspecified atom stereocenters. The van der Waals surface area contributed by atoms with Gasteiger partial charge in [-0.1, -0.05) is 13.8 Å². The van der Waals surface area contributed by atoms with E-state index >= 15 is 0 Å². The molecule has 132 valence electrons. The van der Waals surface area contributed by atoms with E-state index < -0.39 is 5.60 Å². The number of rotatable bonds is 1. The summed E-state index contributed by atoms with van der Waals surface area (Å²) in [5.41, 5.74) is -0.497.